The first-order valence-corrected chi connectivity index (χ1v) is 9.25. The van der Waals surface area contributed by atoms with E-state index in [-0.39, 0.29) is 11.7 Å². The molecule has 2 heterocycles. The Labute approximate surface area is 157 Å². The second-order valence-electron chi connectivity index (χ2n) is 5.23. The third-order valence-corrected chi connectivity index (χ3v) is 5.75. The molecule has 0 saturated carbocycles. The number of nitrogens with two attached hydrogens (primary N) is 1. The molecule has 0 radical (unpaired) electrons. The molecule has 0 saturated heterocycles. The average molecular weight is 467 g/mol. The highest BCUT2D eigenvalue weighted by atomic mass is 79.9. The van der Waals surface area contributed by atoms with Crippen LogP contribution in [0.5, 0.6) is 5.75 Å². The molecule has 1 amide bonds. The fourth-order valence-corrected chi connectivity index (χ4v) is 4.63. The summed E-state index contributed by atoms with van der Waals surface area (Å²) in [4.78, 5) is 16.8. The Morgan fingerprint density at radius 2 is 1.96 bits per heavy atom. The van der Waals surface area contributed by atoms with Gasteiger partial charge in [-0.25, -0.2) is 4.98 Å². The lowest BCUT2D eigenvalue weighted by Crippen LogP contribution is -2.03. The first-order chi connectivity index (χ1) is 11.4. The topological polar surface area (TPSA) is 88.2 Å². The standard InChI is InChI=1S/C16H9Br2N3O2S/c17-8-4-6(5-9(18)14(8)22)3-7-12-10(20-15(7)23)1-2-11-13(12)21-16(19)24-11/h1-5,22H,(H2,19,21)(H,20,23)/b7-3-. The summed E-state index contributed by atoms with van der Waals surface area (Å²) >= 11 is 7.99. The zero-order valence-corrected chi connectivity index (χ0v) is 15.9. The first kappa shape index (κ1) is 15.6. The van der Waals surface area contributed by atoms with E-state index in [9.17, 15) is 9.90 Å². The minimum Gasteiger partial charge on any atom is -0.506 e. The van der Waals surface area contributed by atoms with Crippen molar-refractivity contribution in [2.24, 2.45) is 0 Å². The summed E-state index contributed by atoms with van der Waals surface area (Å²) in [5.41, 5.74) is 9.30. The number of phenolic OH excluding ortho intramolecular Hbond substituents is 1. The van der Waals surface area contributed by atoms with Crippen molar-refractivity contribution in [1.82, 2.24) is 4.98 Å². The average Bonchev–Trinajstić information content (AvgIpc) is 3.04. The van der Waals surface area contributed by atoms with Crippen LogP contribution in [0, 0.1) is 0 Å². The molecule has 1 aliphatic rings. The number of fused-ring (bicyclic) bond motifs is 3. The number of hydrogen-bond acceptors (Lipinski definition) is 5. The van der Waals surface area contributed by atoms with Gasteiger partial charge in [0.2, 0.25) is 0 Å². The summed E-state index contributed by atoms with van der Waals surface area (Å²) in [6.07, 6.45) is 1.77. The molecule has 24 heavy (non-hydrogen) atoms. The van der Waals surface area contributed by atoms with Gasteiger partial charge in [0.25, 0.3) is 5.91 Å². The second kappa shape index (κ2) is 5.58. The molecule has 1 aromatic heterocycles. The third kappa shape index (κ3) is 2.42. The summed E-state index contributed by atoms with van der Waals surface area (Å²) < 4.78 is 2.01. The summed E-state index contributed by atoms with van der Waals surface area (Å²) in [5, 5.41) is 13.1. The molecule has 0 unspecified atom stereocenters. The van der Waals surface area contributed by atoms with Crippen molar-refractivity contribution in [3.63, 3.8) is 0 Å². The van der Waals surface area contributed by atoms with Crippen molar-refractivity contribution in [2.75, 3.05) is 11.1 Å². The number of anilines is 2. The third-order valence-electron chi connectivity index (χ3n) is 3.69. The van der Waals surface area contributed by atoms with Crippen LogP contribution in [0.25, 0.3) is 21.9 Å². The molecule has 3 aromatic rings. The van der Waals surface area contributed by atoms with E-state index >= 15 is 0 Å². The van der Waals surface area contributed by atoms with Gasteiger partial charge in [-0.15, -0.1) is 0 Å². The van der Waals surface area contributed by atoms with Gasteiger partial charge >= 0.3 is 0 Å². The maximum Gasteiger partial charge on any atom is 0.256 e. The smallest absolute Gasteiger partial charge is 0.256 e. The number of carbonyl (C=O) groups is 1. The van der Waals surface area contributed by atoms with Gasteiger partial charge in [0, 0.05) is 5.56 Å². The molecule has 4 rings (SSSR count). The molecule has 120 valence electrons. The number of phenols is 1. The lowest BCUT2D eigenvalue weighted by molar-refractivity contribution is -0.110. The highest BCUT2D eigenvalue weighted by molar-refractivity contribution is 9.11. The zero-order chi connectivity index (χ0) is 17.0. The van der Waals surface area contributed by atoms with E-state index in [0.717, 1.165) is 27.0 Å². The first-order valence-electron chi connectivity index (χ1n) is 6.84. The number of nitrogen functional groups attached to an aromatic ring is 1. The van der Waals surface area contributed by atoms with Crippen LogP contribution in [0.2, 0.25) is 0 Å². The Morgan fingerprint density at radius 3 is 2.67 bits per heavy atom. The van der Waals surface area contributed by atoms with Crippen LogP contribution in [0.1, 0.15) is 11.1 Å². The van der Waals surface area contributed by atoms with E-state index in [2.05, 4.69) is 42.2 Å². The summed E-state index contributed by atoms with van der Waals surface area (Å²) in [6, 6.07) is 7.25. The van der Waals surface area contributed by atoms with Crippen LogP contribution in [0.3, 0.4) is 0 Å². The van der Waals surface area contributed by atoms with Gasteiger partial charge in [0.15, 0.2) is 5.13 Å². The number of nitrogens with one attached hydrogen (secondary N) is 1. The van der Waals surface area contributed by atoms with E-state index in [1.165, 1.54) is 11.3 Å². The van der Waals surface area contributed by atoms with Crippen molar-refractivity contribution < 1.29 is 9.90 Å². The molecule has 4 N–H and O–H groups in total. The normalized spacial score (nSPS) is 15.1. The lowest BCUT2D eigenvalue weighted by Gasteiger charge is -2.04. The minimum atomic E-state index is -0.190. The van der Waals surface area contributed by atoms with Crippen molar-refractivity contribution >= 4 is 81.8 Å². The molecule has 2 aromatic carbocycles. The molecule has 8 heteroatoms. The summed E-state index contributed by atoms with van der Waals surface area (Å²) in [5.74, 6) is -0.0764. The number of aromatic hydroxyl groups is 1. The van der Waals surface area contributed by atoms with Gasteiger partial charge in [0.05, 0.1) is 30.4 Å². The van der Waals surface area contributed by atoms with Gasteiger partial charge in [-0.1, -0.05) is 11.3 Å². The molecule has 1 aliphatic heterocycles. The van der Waals surface area contributed by atoms with Crippen LogP contribution in [0.4, 0.5) is 10.8 Å². The zero-order valence-electron chi connectivity index (χ0n) is 11.9. The number of carbonyl (C=O) groups excluding carboxylic acids is 1. The van der Waals surface area contributed by atoms with Crippen LogP contribution in [-0.2, 0) is 4.79 Å². The number of amides is 1. The molecule has 5 nitrogen and oxygen atoms in total. The van der Waals surface area contributed by atoms with Crippen molar-refractivity contribution in [3.05, 3.63) is 44.3 Å². The number of thiazole rings is 1. The Morgan fingerprint density at radius 1 is 1.25 bits per heavy atom. The Hall–Kier alpha value is -1.90. The van der Waals surface area contributed by atoms with E-state index in [1.54, 1.807) is 18.2 Å². The van der Waals surface area contributed by atoms with Crippen LogP contribution in [0.15, 0.2) is 33.2 Å². The van der Waals surface area contributed by atoms with Gasteiger partial charge < -0.3 is 16.2 Å². The van der Waals surface area contributed by atoms with E-state index in [0.29, 0.717) is 19.7 Å². The molecule has 0 aliphatic carbocycles. The number of nitrogens with zero attached hydrogens (tertiary/aromatic N) is 1. The minimum absolute atomic E-state index is 0.114. The summed E-state index contributed by atoms with van der Waals surface area (Å²) in [7, 11) is 0. The Bertz CT molecular complexity index is 1040. The van der Waals surface area contributed by atoms with Crippen molar-refractivity contribution in [1.29, 1.82) is 0 Å². The highest BCUT2D eigenvalue weighted by Crippen LogP contribution is 2.41. The quantitative estimate of drug-likeness (QED) is 0.457. The molecule has 0 spiro atoms. The maximum absolute atomic E-state index is 12.4. The Balaban J connectivity index is 1.95. The number of rotatable bonds is 1. The lowest BCUT2D eigenvalue weighted by atomic mass is 10.0. The molecular weight excluding hydrogens is 458 g/mol. The number of benzene rings is 2. The van der Waals surface area contributed by atoms with Crippen molar-refractivity contribution in [3.8, 4) is 5.75 Å². The fraction of sp³-hybridized carbons (Fsp3) is 0. The molecule has 0 atom stereocenters. The van der Waals surface area contributed by atoms with Gasteiger partial charge in [-0.2, -0.15) is 0 Å². The summed E-state index contributed by atoms with van der Waals surface area (Å²) in [6.45, 7) is 0. The monoisotopic (exact) mass is 465 g/mol. The van der Waals surface area contributed by atoms with Crippen LogP contribution < -0.4 is 11.1 Å². The fourth-order valence-electron chi connectivity index (χ4n) is 2.66. The van der Waals surface area contributed by atoms with E-state index < -0.39 is 0 Å². The van der Waals surface area contributed by atoms with E-state index in [1.807, 2.05) is 12.1 Å². The molecule has 0 fully saturated rings. The predicted octanol–water partition coefficient (Wildman–Crippen LogP) is 4.60. The molecule has 0 bridgehead atoms. The van der Waals surface area contributed by atoms with Crippen molar-refractivity contribution in [2.45, 2.75) is 0 Å². The number of aromatic nitrogens is 1. The Kier molecular flexibility index (Phi) is 3.63. The largest absolute Gasteiger partial charge is 0.506 e. The molecular formula is C16H9Br2N3O2S. The van der Waals surface area contributed by atoms with Gasteiger partial charge in [-0.05, 0) is 67.8 Å². The second-order valence-corrected chi connectivity index (χ2v) is 8.00. The van der Waals surface area contributed by atoms with Crippen LogP contribution >= 0.6 is 43.2 Å². The predicted molar refractivity (Wildman–Crippen MR) is 104 cm³/mol. The SMILES string of the molecule is Nc1nc2c3c(ccc2s1)NC(=O)/C3=C\c1cc(Br)c(O)c(Br)c1. The number of hydrogen-bond donors (Lipinski definition) is 3. The van der Waals surface area contributed by atoms with Crippen LogP contribution in [-0.4, -0.2) is 16.0 Å². The van der Waals surface area contributed by atoms with Gasteiger partial charge in [0.1, 0.15) is 5.75 Å². The number of halogens is 2. The maximum atomic E-state index is 12.4. The van der Waals surface area contributed by atoms with Gasteiger partial charge in [-0.3, -0.25) is 4.79 Å². The van der Waals surface area contributed by atoms with E-state index in [4.69, 9.17) is 5.73 Å². The highest BCUT2D eigenvalue weighted by Gasteiger charge is 2.28.